The van der Waals surface area contributed by atoms with Gasteiger partial charge in [-0.2, -0.15) is 4.98 Å². The quantitative estimate of drug-likeness (QED) is 0.670. The van der Waals surface area contributed by atoms with Gasteiger partial charge in [-0.15, -0.1) is 0 Å². The van der Waals surface area contributed by atoms with Crippen molar-refractivity contribution >= 4 is 17.5 Å². The molecule has 0 saturated carbocycles. The summed E-state index contributed by atoms with van der Waals surface area (Å²) in [7, 11) is 1.64. The van der Waals surface area contributed by atoms with E-state index >= 15 is 0 Å². The average molecular weight is 398 g/mol. The highest BCUT2D eigenvalue weighted by Crippen LogP contribution is 2.38. The van der Waals surface area contributed by atoms with Crippen LogP contribution in [0.1, 0.15) is 34.4 Å². The van der Waals surface area contributed by atoms with E-state index in [9.17, 15) is 4.79 Å². The number of methoxy groups -OCH3 is 1. The molecule has 1 amide bonds. The number of amides is 1. The predicted molar refractivity (Wildman–Crippen MR) is 104 cm³/mol. The lowest BCUT2D eigenvalue weighted by atomic mass is 9.87. The third-order valence-corrected chi connectivity index (χ3v) is 5.18. The lowest BCUT2D eigenvalue weighted by Gasteiger charge is -2.38. The first kappa shape index (κ1) is 18.5. The molecule has 2 heterocycles. The van der Waals surface area contributed by atoms with Crippen molar-refractivity contribution in [2.24, 2.45) is 0 Å². The van der Waals surface area contributed by atoms with Gasteiger partial charge in [0.1, 0.15) is 5.75 Å². The van der Waals surface area contributed by atoms with Gasteiger partial charge in [0.05, 0.1) is 19.6 Å². The van der Waals surface area contributed by atoms with E-state index in [0.29, 0.717) is 23.3 Å². The van der Waals surface area contributed by atoms with Crippen molar-refractivity contribution in [2.75, 3.05) is 13.7 Å². The van der Waals surface area contributed by atoms with Crippen molar-refractivity contribution in [2.45, 2.75) is 25.8 Å². The minimum atomic E-state index is -0.252. The molecule has 6 nitrogen and oxygen atoms in total. The minimum absolute atomic E-state index is 0.0563. The van der Waals surface area contributed by atoms with Crippen molar-refractivity contribution < 1.29 is 14.1 Å². The summed E-state index contributed by atoms with van der Waals surface area (Å²) in [6.07, 6.45) is 0.862. The molecule has 0 spiro atoms. The molecule has 3 aromatic rings. The molecular weight excluding hydrogens is 378 g/mol. The Labute approximate surface area is 168 Å². The van der Waals surface area contributed by atoms with Gasteiger partial charge in [0, 0.05) is 18.5 Å². The van der Waals surface area contributed by atoms with Crippen LogP contribution in [0.2, 0.25) is 5.02 Å². The smallest absolute Gasteiger partial charge is 0.231 e. The summed E-state index contributed by atoms with van der Waals surface area (Å²) in [4.78, 5) is 19.2. The summed E-state index contributed by atoms with van der Waals surface area (Å²) >= 11 is 6.25. The van der Waals surface area contributed by atoms with Gasteiger partial charge in [-0.3, -0.25) is 4.79 Å². The van der Waals surface area contributed by atoms with E-state index in [-0.39, 0.29) is 18.4 Å². The topological polar surface area (TPSA) is 68.5 Å². The fourth-order valence-electron chi connectivity index (χ4n) is 3.67. The van der Waals surface area contributed by atoms with Gasteiger partial charge in [0.25, 0.3) is 0 Å². The Bertz CT molecular complexity index is 1020. The van der Waals surface area contributed by atoms with Crippen LogP contribution in [0.3, 0.4) is 0 Å². The predicted octanol–water partition coefficient (Wildman–Crippen LogP) is 3.76. The first-order chi connectivity index (χ1) is 13.5. The van der Waals surface area contributed by atoms with Crippen LogP contribution in [0.5, 0.6) is 5.75 Å². The number of halogens is 1. The van der Waals surface area contributed by atoms with Crippen LogP contribution in [0.15, 0.2) is 47.0 Å². The molecule has 0 N–H and O–H groups in total. The number of fused-ring (bicyclic) bond motifs is 1. The van der Waals surface area contributed by atoms with Crippen LogP contribution >= 0.6 is 11.6 Å². The highest BCUT2D eigenvalue weighted by Gasteiger charge is 2.33. The standard InChI is InChI=1S/C21H20ClN3O3/c1-13-23-19(24-28-13)12-20(26)25-9-8-14-6-7-17(27-2)11-18(14)21(25)15-4-3-5-16(22)10-15/h3-7,10-11,21H,8-9,12H2,1-2H3. The molecule has 1 unspecified atom stereocenters. The van der Waals surface area contributed by atoms with Crippen molar-refractivity contribution in [3.05, 3.63) is 75.9 Å². The molecule has 0 radical (unpaired) electrons. The van der Waals surface area contributed by atoms with Gasteiger partial charge < -0.3 is 14.2 Å². The van der Waals surface area contributed by atoms with Crippen LogP contribution < -0.4 is 4.74 Å². The molecule has 1 aliphatic heterocycles. The summed E-state index contributed by atoms with van der Waals surface area (Å²) in [6.45, 7) is 2.31. The van der Waals surface area contributed by atoms with Gasteiger partial charge in [-0.05, 0) is 47.4 Å². The van der Waals surface area contributed by atoms with E-state index in [0.717, 1.165) is 23.3 Å². The Kier molecular flexibility index (Phi) is 5.05. The zero-order chi connectivity index (χ0) is 19.7. The Morgan fingerprint density at radius 1 is 1.32 bits per heavy atom. The molecule has 144 valence electrons. The van der Waals surface area contributed by atoms with Crippen LogP contribution in [0.25, 0.3) is 0 Å². The maximum absolute atomic E-state index is 13.1. The summed E-state index contributed by atoms with van der Waals surface area (Å²) < 4.78 is 10.4. The maximum Gasteiger partial charge on any atom is 0.231 e. The van der Waals surface area contributed by atoms with Crippen LogP contribution in [-0.2, 0) is 17.6 Å². The number of rotatable bonds is 4. The number of benzene rings is 2. The van der Waals surface area contributed by atoms with Gasteiger partial charge in [0.15, 0.2) is 5.82 Å². The second kappa shape index (κ2) is 7.64. The number of aromatic nitrogens is 2. The molecule has 1 aromatic heterocycles. The van der Waals surface area contributed by atoms with Gasteiger partial charge >= 0.3 is 0 Å². The number of carbonyl (C=O) groups excluding carboxylic acids is 1. The van der Waals surface area contributed by atoms with Crippen LogP contribution in [0.4, 0.5) is 0 Å². The Hall–Kier alpha value is -2.86. The minimum Gasteiger partial charge on any atom is -0.497 e. The molecule has 2 aromatic carbocycles. The molecule has 0 saturated heterocycles. The largest absolute Gasteiger partial charge is 0.497 e. The molecule has 0 aliphatic carbocycles. The molecule has 4 rings (SSSR count). The summed E-state index contributed by atoms with van der Waals surface area (Å²) in [6, 6.07) is 13.4. The normalized spacial score (nSPS) is 16.0. The third-order valence-electron chi connectivity index (χ3n) is 4.95. The van der Waals surface area contributed by atoms with Gasteiger partial charge in [-0.1, -0.05) is 35.0 Å². The second-order valence-corrected chi connectivity index (χ2v) is 7.20. The zero-order valence-electron chi connectivity index (χ0n) is 15.7. The SMILES string of the molecule is COc1ccc2c(c1)C(c1cccc(Cl)c1)N(C(=O)Cc1noc(C)n1)CC2. The van der Waals surface area contributed by atoms with Crippen LogP contribution in [-0.4, -0.2) is 34.6 Å². The van der Waals surface area contributed by atoms with E-state index in [2.05, 4.69) is 16.2 Å². The van der Waals surface area contributed by atoms with Crippen molar-refractivity contribution in [1.29, 1.82) is 0 Å². The molecule has 0 fully saturated rings. The van der Waals surface area contributed by atoms with Crippen molar-refractivity contribution in [3.8, 4) is 5.75 Å². The third kappa shape index (κ3) is 3.60. The molecule has 7 heteroatoms. The number of hydrogen-bond acceptors (Lipinski definition) is 5. The molecular formula is C21H20ClN3O3. The molecule has 0 bridgehead atoms. The van der Waals surface area contributed by atoms with Gasteiger partial charge in [0.2, 0.25) is 11.8 Å². The lowest BCUT2D eigenvalue weighted by molar-refractivity contribution is -0.132. The van der Waals surface area contributed by atoms with E-state index in [1.807, 2.05) is 41.3 Å². The Morgan fingerprint density at radius 3 is 2.89 bits per heavy atom. The first-order valence-corrected chi connectivity index (χ1v) is 9.44. The first-order valence-electron chi connectivity index (χ1n) is 9.06. The molecule has 28 heavy (non-hydrogen) atoms. The fourth-order valence-corrected chi connectivity index (χ4v) is 3.87. The number of ether oxygens (including phenoxy) is 1. The lowest BCUT2D eigenvalue weighted by Crippen LogP contribution is -2.41. The van der Waals surface area contributed by atoms with E-state index in [4.69, 9.17) is 20.9 Å². The zero-order valence-corrected chi connectivity index (χ0v) is 16.4. The Balaban J connectivity index is 1.75. The maximum atomic E-state index is 13.1. The second-order valence-electron chi connectivity index (χ2n) is 6.77. The van der Waals surface area contributed by atoms with E-state index < -0.39 is 0 Å². The summed E-state index contributed by atoms with van der Waals surface area (Å²) in [5.41, 5.74) is 3.20. The highest BCUT2D eigenvalue weighted by atomic mass is 35.5. The fraction of sp³-hybridized carbons (Fsp3) is 0.286. The summed E-state index contributed by atoms with van der Waals surface area (Å²) in [5, 5.41) is 4.49. The molecule has 1 atom stereocenters. The van der Waals surface area contributed by atoms with Crippen molar-refractivity contribution in [1.82, 2.24) is 15.0 Å². The number of carbonyl (C=O) groups is 1. The van der Waals surface area contributed by atoms with Crippen molar-refractivity contribution in [3.63, 3.8) is 0 Å². The monoisotopic (exact) mass is 397 g/mol. The number of hydrogen-bond donors (Lipinski definition) is 0. The molecule has 1 aliphatic rings. The highest BCUT2D eigenvalue weighted by molar-refractivity contribution is 6.30. The van der Waals surface area contributed by atoms with E-state index in [1.165, 1.54) is 5.56 Å². The average Bonchev–Trinajstić information content (AvgIpc) is 3.11. The van der Waals surface area contributed by atoms with Gasteiger partial charge in [-0.25, -0.2) is 0 Å². The van der Waals surface area contributed by atoms with E-state index in [1.54, 1.807) is 14.0 Å². The Morgan fingerprint density at radius 2 is 2.18 bits per heavy atom. The van der Waals surface area contributed by atoms with Crippen LogP contribution in [0, 0.1) is 6.92 Å². The number of aryl methyl sites for hydroxylation is 1. The summed E-state index contributed by atoms with van der Waals surface area (Å²) in [5.74, 6) is 1.54. The number of nitrogens with zero attached hydrogens (tertiary/aromatic N) is 3.